The number of rotatable bonds is 9. The molecular weight excluding hydrogens is 454 g/mol. The Labute approximate surface area is 200 Å². The average Bonchev–Trinajstić information content (AvgIpc) is 3.50. The number of hydrogen-bond donors (Lipinski definition) is 1. The van der Waals surface area contributed by atoms with Gasteiger partial charge in [-0.2, -0.15) is 0 Å². The third-order valence-electron chi connectivity index (χ3n) is 4.97. The van der Waals surface area contributed by atoms with Gasteiger partial charge in [-0.05, 0) is 54.1 Å². The van der Waals surface area contributed by atoms with Crippen LogP contribution in [-0.2, 0) is 17.9 Å². The molecule has 0 aliphatic rings. The molecule has 0 spiro atoms. The molecule has 0 saturated heterocycles. The van der Waals surface area contributed by atoms with Gasteiger partial charge in [0.2, 0.25) is 0 Å². The summed E-state index contributed by atoms with van der Waals surface area (Å²) in [6.45, 7) is 4.79. The number of tetrazole rings is 1. The molecule has 0 fully saturated rings. The molecule has 0 saturated carbocycles. The monoisotopic (exact) mass is 477 g/mol. The molecule has 9 nitrogen and oxygen atoms in total. The van der Waals surface area contributed by atoms with E-state index < -0.39 is 5.97 Å². The number of benzene rings is 2. The van der Waals surface area contributed by atoms with Crippen LogP contribution in [0.5, 0.6) is 5.75 Å². The van der Waals surface area contributed by atoms with Gasteiger partial charge in [0.1, 0.15) is 22.9 Å². The van der Waals surface area contributed by atoms with Crippen molar-refractivity contribution in [2.75, 3.05) is 11.9 Å². The highest BCUT2D eigenvalue weighted by atomic mass is 32.1. The van der Waals surface area contributed by atoms with Crippen molar-refractivity contribution in [3.05, 3.63) is 76.9 Å². The third-order valence-corrected chi connectivity index (χ3v) is 5.87. The quantitative estimate of drug-likeness (QED) is 0.355. The highest BCUT2D eigenvalue weighted by Gasteiger charge is 2.23. The molecule has 2 aromatic heterocycles. The summed E-state index contributed by atoms with van der Waals surface area (Å²) < 4.78 is 12.6. The van der Waals surface area contributed by atoms with Crippen LogP contribution < -0.4 is 10.1 Å². The maximum Gasteiger partial charge on any atom is 0.341 e. The molecule has 174 valence electrons. The Morgan fingerprint density at radius 3 is 2.53 bits per heavy atom. The lowest BCUT2D eigenvalue weighted by Gasteiger charge is -2.10. The summed E-state index contributed by atoms with van der Waals surface area (Å²) in [5, 5.41) is 16.6. The first kappa shape index (κ1) is 23.1. The normalized spacial score (nSPS) is 10.6. The number of hydrogen-bond acceptors (Lipinski definition) is 8. The standard InChI is InChI=1S/C24H23N5O4S/c1-3-29-20(26-27-28-29)14-33-18-12-10-17(11-13-18)22(30)25-23-21(24(31)32-4-2)19(15-34-23)16-8-6-5-7-9-16/h5-13,15H,3-4,14H2,1-2H3,(H,25,30). The van der Waals surface area contributed by atoms with E-state index in [1.54, 1.807) is 35.9 Å². The van der Waals surface area contributed by atoms with Crippen LogP contribution in [-0.4, -0.2) is 38.7 Å². The lowest BCUT2D eigenvalue weighted by atomic mass is 10.0. The highest BCUT2D eigenvalue weighted by molar-refractivity contribution is 7.15. The number of ether oxygens (including phenoxy) is 2. The van der Waals surface area contributed by atoms with Gasteiger partial charge < -0.3 is 14.8 Å². The fourth-order valence-corrected chi connectivity index (χ4v) is 4.24. The molecule has 2 heterocycles. The molecule has 10 heteroatoms. The Hall–Kier alpha value is -4.05. The summed E-state index contributed by atoms with van der Waals surface area (Å²) in [5.74, 6) is 0.379. The Kier molecular flexibility index (Phi) is 7.28. The van der Waals surface area contributed by atoms with Crippen molar-refractivity contribution in [3.63, 3.8) is 0 Å². The number of carbonyl (C=O) groups is 2. The minimum absolute atomic E-state index is 0.215. The molecule has 34 heavy (non-hydrogen) atoms. The zero-order chi connectivity index (χ0) is 23.9. The molecule has 0 atom stereocenters. The van der Waals surface area contributed by atoms with Crippen LogP contribution in [0.4, 0.5) is 5.00 Å². The molecular formula is C24H23N5O4S. The van der Waals surface area contributed by atoms with Gasteiger partial charge in [0.05, 0.1) is 6.61 Å². The number of esters is 1. The van der Waals surface area contributed by atoms with Crippen LogP contribution in [0.1, 0.15) is 40.4 Å². The number of aromatic nitrogens is 4. The van der Waals surface area contributed by atoms with E-state index >= 15 is 0 Å². The number of aryl methyl sites for hydroxylation is 1. The van der Waals surface area contributed by atoms with E-state index in [1.807, 2.05) is 42.6 Å². The maximum atomic E-state index is 12.9. The number of carbonyl (C=O) groups excluding carboxylic acids is 2. The first-order chi connectivity index (χ1) is 16.6. The smallest absolute Gasteiger partial charge is 0.341 e. The van der Waals surface area contributed by atoms with Crippen molar-refractivity contribution in [3.8, 4) is 16.9 Å². The Bertz CT molecular complexity index is 1270. The van der Waals surface area contributed by atoms with E-state index in [0.29, 0.717) is 34.2 Å². The van der Waals surface area contributed by atoms with Gasteiger partial charge in [-0.3, -0.25) is 4.79 Å². The Balaban J connectivity index is 1.49. The zero-order valence-electron chi connectivity index (χ0n) is 18.7. The van der Waals surface area contributed by atoms with Crippen LogP contribution in [0.3, 0.4) is 0 Å². The summed E-state index contributed by atoms with van der Waals surface area (Å²) >= 11 is 1.28. The van der Waals surface area contributed by atoms with Crippen molar-refractivity contribution in [1.82, 2.24) is 20.2 Å². The van der Waals surface area contributed by atoms with Gasteiger partial charge in [-0.25, -0.2) is 9.48 Å². The predicted molar refractivity (Wildman–Crippen MR) is 128 cm³/mol. The first-order valence-electron chi connectivity index (χ1n) is 10.7. The van der Waals surface area contributed by atoms with E-state index in [4.69, 9.17) is 9.47 Å². The van der Waals surface area contributed by atoms with Crippen LogP contribution in [0, 0.1) is 0 Å². The summed E-state index contributed by atoms with van der Waals surface area (Å²) in [7, 11) is 0. The highest BCUT2D eigenvalue weighted by Crippen LogP contribution is 2.36. The van der Waals surface area contributed by atoms with Gasteiger partial charge >= 0.3 is 5.97 Å². The molecule has 0 aliphatic carbocycles. The molecule has 1 N–H and O–H groups in total. The second-order valence-electron chi connectivity index (χ2n) is 7.12. The lowest BCUT2D eigenvalue weighted by molar-refractivity contribution is 0.0529. The topological polar surface area (TPSA) is 108 Å². The minimum Gasteiger partial charge on any atom is -0.486 e. The van der Waals surface area contributed by atoms with Crippen LogP contribution in [0.2, 0.25) is 0 Å². The summed E-state index contributed by atoms with van der Waals surface area (Å²) in [4.78, 5) is 25.6. The molecule has 0 bridgehead atoms. The van der Waals surface area contributed by atoms with Crippen molar-refractivity contribution in [1.29, 1.82) is 0 Å². The SMILES string of the molecule is CCOC(=O)c1c(-c2ccccc2)csc1NC(=O)c1ccc(OCc2nnnn2CC)cc1. The number of anilines is 1. The van der Waals surface area contributed by atoms with Gasteiger partial charge in [-0.1, -0.05) is 30.3 Å². The fourth-order valence-electron chi connectivity index (χ4n) is 3.28. The van der Waals surface area contributed by atoms with Gasteiger partial charge in [0, 0.05) is 23.1 Å². The molecule has 0 unspecified atom stereocenters. The van der Waals surface area contributed by atoms with Crippen molar-refractivity contribution in [2.45, 2.75) is 27.0 Å². The number of thiophene rings is 1. The predicted octanol–water partition coefficient (Wildman–Crippen LogP) is 4.43. The van der Waals surface area contributed by atoms with E-state index in [9.17, 15) is 9.59 Å². The molecule has 0 radical (unpaired) electrons. The number of nitrogens with one attached hydrogen (secondary N) is 1. The van der Waals surface area contributed by atoms with Crippen LogP contribution >= 0.6 is 11.3 Å². The van der Waals surface area contributed by atoms with E-state index in [2.05, 4.69) is 20.8 Å². The van der Waals surface area contributed by atoms with E-state index in [1.165, 1.54) is 11.3 Å². The van der Waals surface area contributed by atoms with Crippen molar-refractivity contribution < 1.29 is 19.1 Å². The van der Waals surface area contributed by atoms with E-state index in [-0.39, 0.29) is 19.1 Å². The minimum atomic E-state index is -0.476. The molecule has 4 aromatic rings. The van der Waals surface area contributed by atoms with Gasteiger partial charge in [-0.15, -0.1) is 16.4 Å². The molecule has 1 amide bonds. The number of nitrogens with zero attached hydrogens (tertiary/aromatic N) is 4. The van der Waals surface area contributed by atoms with Crippen LogP contribution in [0.25, 0.3) is 11.1 Å². The Morgan fingerprint density at radius 1 is 1.06 bits per heavy atom. The van der Waals surface area contributed by atoms with E-state index in [0.717, 1.165) is 11.1 Å². The molecule has 2 aromatic carbocycles. The molecule has 4 rings (SSSR count). The number of amides is 1. The average molecular weight is 478 g/mol. The van der Waals surface area contributed by atoms with Gasteiger partial charge in [0.25, 0.3) is 5.91 Å². The maximum absolute atomic E-state index is 12.9. The fraction of sp³-hybridized carbons (Fsp3) is 0.208. The lowest BCUT2D eigenvalue weighted by Crippen LogP contribution is -2.14. The first-order valence-corrected chi connectivity index (χ1v) is 11.6. The summed E-state index contributed by atoms with van der Waals surface area (Å²) in [6.07, 6.45) is 0. The Morgan fingerprint density at radius 2 is 1.82 bits per heavy atom. The zero-order valence-corrected chi connectivity index (χ0v) is 19.5. The van der Waals surface area contributed by atoms with Crippen molar-refractivity contribution in [2.24, 2.45) is 0 Å². The molecule has 0 aliphatic heterocycles. The second-order valence-corrected chi connectivity index (χ2v) is 8.00. The van der Waals surface area contributed by atoms with Crippen molar-refractivity contribution >= 4 is 28.2 Å². The van der Waals surface area contributed by atoms with Gasteiger partial charge in [0.15, 0.2) is 5.82 Å². The summed E-state index contributed by atoms with van der Waals surface area (Å²) in [5.41, 5.74) is 2.37. The second kappa shape index (κ2) is 10.7. The largest absolute Gasteiger partial charge is 0.486 e. The summed E-state index contributed by atoms with van der Waals surface area (Å²) in [6, 6.07) is 16.2. The third kappa shape index (κ3) is 5.12. The van der Waals surface area contributed by atoms with Crippen LogP contribution in [0.15, 0.2) is 60.0 Å².